The summed E-state index contributed by atoms with van der Waals surface area (Å²) >= 11 is 3.66. The van der Waals surface area contributed by atoms with Gasteiger partial charge in [0.1, 0.15) is 0 Å². The molecule has 100 valence electrons. The predicted octanol–water partition coefficient (Wildman–Crippen LogP) is 3.94. The molecule has 1 saturated heterocycles. The summed E-state index contributed by atoms with van der Waals surface area (Å²) in [6.07, 6.45) is 3.95. The predicted molar refractivity (Wildman–Crippen MR) is 77.6 cm³/mol. The molecule has 1 aliphatic rings. The van der Waals surface area contributed by atoms with E-state index in [1.165, 1.54) is 5.75 Å². The molecular weight excluding hydrogens is 252 g/mol. The molecule has 0 bridgehead atoms. The molecule has 0 radical (unpaired) electrons. The van der Waals surface area contributed by atoms with Gasteiger partial charge < -0.3 is 4.74 Å². The highest BCUT2D eigenvalue weighted by Gasteiger charge is 2.35. The average molecular weight is 276 g/mol. The molecule has 0 aliphatic carbocycles. The van der Waals surface area contributed by atoms with E-state index in [0.717, 1.165) is 37.2 Å². The Bertz CT molecular complexity index is 232. The summed E-state index contributed by atoms with van der Waals surface area (Å²) in [5.41, 5.74) is -0.194. The lowest BCUT2D eigenvalue weighted by Gasteiger charge is -2.30. The first-order valence-corrected chi connectivity index (χ1v) is 8.73. The molecule has 0 aromatic rings. The number of hydrogen-bond donors (Lipinski definition) is 0. The number of rotatable bonds is 6. The van der Waals surface area contributed by atoms with Crippen molar-refractivity contribution in [2.45, 2.75) is 51.9 Å². The molecule has 0 spiro atoms. The van der Waals surface area contributed by atoms with E-state index < -0.39 is 0 Å². The fourth-order valence-corrected chi connectivity index (χ4v) is 4.60. The maximum absolute atomic E-state index is 12.3. The van der Waals surface area contributed by atoms with Gasteiger partial charge in [-0.15, -0.1) is 11.8 Å². The molecule has 1 aliphatic heterocycles. The Morgan fingerprint density at radius 2 is 1.94 bits per heavy atom. The summed E-state index contributed by atoms with van der Waals surface area (Å²) < 4.78 is 5.66. The van der Waals surface area contributed by atoms with E-state index >= 15 is 0 Å². The number of hydrogen-bond acceptors (Lipinski definition) is 4. The van der Waals surface area contributed by atoms with Gasteiger partial charge in [-0.25, -0.2) is 0 Å². The van der Waals surface area contributed by atoms with Gasteiger partial charge in [0.25, 0.3) is 0 Å². The molecule has 1 heterocycles. The molecular formula is C13H24O2S2. The smallest absolute Gasteiger partial charge is 0.312 e. The second-order valence-corrected chi connectivity index (χ2v) is 7.26. The van der Waals surface area contributed by atoms with Crippen LogP contribution in [0.5, 0.6) is 0 Å². The van der Waals surface area contributed by atoms with Gasteiger partial charge in [-0.1, -0.05) is 26.7 Å². The van der Waals surface area contributed by atoms with Crippen molar-refractivity contribution in [1.29, 1.82) is 0 Å². The molecule has 0 N–H and O–H groups in total. The highest BCUT2D eigenvalue weighted by molar-refractivity contribution is 8.06. The number of thioether (sulfide) groups is 2. The first-order chi connectivity index (χ1) is 8.12. The van der Waals surface area contributed by atoms with Crippen LogP contribution in [0.4, 0.5) is 0 Å². The van der Waals surface area contributed by atoms with Crippen molar-refractivity contribution in [1.82, 2.24) is 0 Å². The second-order valence-electron chi connectivity index (χ2n) is 4.84. The van der Waals surface area contributed by atoms with Crippen LogP contribution < -0.4 is 0 Å². The van der Waals surface area contributed by atoms with Crippen LogP contribution in [0.3, 0.4) is 0 Å². The van der Waals surface area contributed by atoms with Gasteiger partial charge in [0, 0.05) is 17.3 Å². The SMILES string of the molecule is CCCC(C)(CCC)C(=O)OC1CSCCS1. The summed E-state index contributed by atoms with van der Waals surface area (Å²) in [5, 5.41) is 0. The summed E-state index contributed by atoms with van der Waals surface area (Å²) in [6, 6.07) is 0. The lowest BCUT2D eigenvalue weighted by Crippen LogP contribution is -2.33. The fraction of sp³-hybridized carbons (Fsp3) is 0.923. The lowest BCUT2D eigenvalue weighted by atomic mass is 9.81. The molecule has 0 saturated carbocycles. The Morgan fingerprint density at radius 3 is 2.41 bits per heavy atom. The quantitative estimate of drug-likeness (QED) is 0.686. The minimum absolute atomic E-state index is 0.0150. The van der Waals surface area contributed by atoms with Gasteiger partial charge in [-0.2, -0.15) is 11.8 Å². The molecule has 17 heavy (non-hydrogen) atoms. The zero-order chi connectivity index (χ0) is 12.7. The van der Waals surface area contributed by atoms with Crippen molar-refractivity contribution in [3.8, 4) is 0 Å². The maximum Gasteiger partial charge on any atom is 0.312 e. The van der Waals surface area contributed by atoms with Gasteiger partial charge >= 0.3 is 5.97 Å². The van der Waals surface area contributed by atoms with Crippen LogP contribution in [-0.4, -0.2) is 28.7 Å². The topological polar surface area (TPSA) is 26.3 Å². The summed E-state index contributed by atoms with van der Waals surface area (Å²) in [4.78, 5) is 12.3. The first-order valence-electron chi connectivity index (χ1n) is 6.53. The van der Waals surface area contributed by atoms with Crippen LogP contribution in [-0.2, 0) is 9.53 Å². The number of carbonyl (C=O) groups is 1. The lowest BCUT2D eigenvalue weighted by molar-refractivity contribution is -0.156. The van der Waals surface area contributed by atoms with Crippen LogP contribution in [0.1, 0.15) is 46.5 Å². The van der Waals surface area contributed by atoms with Gasteiger partial charge in [0.2, 0.25) is 0 Å². The van der Waals surface area contributed by atoms with E-state index in [1.807, 2.05) is 11.8 Å². The van der Waals surface area contributed by atoms with E-state index in [0.29, 0.717) is 0 Å². The molecule has 2 nitrogen and oxygen atoms in total. The van der Waals surface area contributed by atoms with Gasteiger partial charge in [-0.05, 0) is 19.8 Å². The van der Waals surface area contributed by atoms with Crippen molar-refractivity contribution >= 4 is 29.5 Å². The third-order valence-corrected chi connectivity index (χ3v) is 5.70. The number of ether oxygens (including phenoxy) is 1. The number of esters is 1. The number of carbonyl (C=O) groups excluding carboxylic acids is 1. The third kappa shape index (κ3) is 4.74. The fourth-order valence-electron chi connectivity index (χ4n) is 2.23. The molecule has 0 aromatic heterocycles. The Hall–Kier alpha value is 0.170. The van der Waals surface area contributed by atoms with E-state index in [-0.39, 0.29) is 16.8 Å². The largest absolute Gasteiger partial charge is 0.450 e. The highest BCUT2D eigenvalue weighted by Crippen LogP contribution is 2.33. The van der Waals surface area contributed by atoms with Crippen LogP contribution in [0, 0.1) is 5.41 Å². The molecule has 1 rings (SSSR count). The third-order valence-electron chi connectivity index (χ3n) is 3.12. The Balaban J connectivity index is 2.51. The van der Waals surface area contributed by atoms with Crippen molar-refractivity contribution in [3.05, 3.63) is 0 Å². The maximum atomic E-state index is 12.3. The second kappa shape index (κ2) is 7.57. The van der Waals surface area contributed by atoms with Crippen LogP contribution in [0.2, 0.25) is 0 Å². The van der Waals surface area contributed by atoms with Crippen molar-refractivity contribution in [2.75, 3.05) is 17.3 Å². The van der Waals surface area contributed by atoms with Crippen molar-refractivity contribution in [2.24, 2.45) is 5.41 Å². The normalized spacial score (nSPS) is 21.2. The minimum Gasteiger partial charge on any atom is -0.450 e. The molecule has 0 amide bonds. The van der Waals surface area contributed by atoms with Crippen molar-refractivity contribution in [3.63, 3.8) is 0 Å². The first kappa shape index (κ1) is 15.2. The van der Waals surface area contributed by atoms with Crippen LogP contribution >= 0.6 is 23.5 Å². The average Bonchev–Trinajstić information content (AvgIpc) is 2.31. The van der Waals surface area contributed by atoms with E-state index in [4.69, 9.17) is 4.74 Å². The monoisotopic (exact) mass is 276 g/mol. The summed E-state index contributed by atoms with van der Waals surface area (Å²) in [7, 11) is 0. The van der Waals surface area contributed by atoms with Crippen molar-refractivity contribution < 1.29 is 9.53 Å². The molecule has 1 atom stereocenters. The Morgan fingerprint density at radius 1 is 1.29 bits per heavy atom. The Labute approximate surface area is 114 Å². The molecule has 1 fully saturated rings. The highest BCUT2D eigenvalue weighted by atomic mass is 32.2. The zero-order valence-electron chi connectivity index (χ0n) is 11.2. The standard InChI is InChI=1S/C13H24O2S2/c1-4-6-13(3,7-5-2)12(14)15-11-10-16-8-9-17-11/h11H,4-10H2,1-3H3. The van der Waals surface area contributed by atoms with Gasteiger partial charge in [0.15, 0.2) is 5.44 Å². The van der Waals surface area contributed by atoms with Crippen LogP contribution in [0.15, 0.2) is 0 Å². The molecule has 4 heteroatoms. The Kier molecular flexibility index (Phi) is 6.78. The summed E-state index contributed by atoms with van der Waals surface area (Å²) in [5.74, 6) is 3.24. The van der Waals surface area contributed by atoms with Gasteiger partial charge in [0.05, 0.1) is 5.41 Å². The molecule has 0 aromatic carbocycles. The molecule has 1 unspecified atom stereocenters. The van der Waals surface area contributed by atoms with E-state index in [1.54, 1.807) is 11.8 Å². The minimum atomic E-state index is -0.272. The summed E-state index contributed by atoms with van der Waals surface area (Å²) in [6.45, 7) is 6.32. The zero-order valence-corrected chi connectivity index (χ0v) is 12.8. The van der Waals surface area contributed by atoms with E-state index in [2.05, 4.69) is 20.8 Å². The van der Waals surface area contributed by atoms with Gasteiger partial charge in [-0.3, -0.25) is 4.79 Å². The van der Waals surface area contributed by atoms with E-state index in [9.17, 15) is 4.79 Å². The van der Waals surface area contributed by atoms with Crippen LogP contribution in [0.25, 0.3) is 0 Å².